The van der Waals surface area contributed by atoms with Crippen LogP contribution >= 0.6 is 0 Å². The van der Waals surface area contributed by atoms with Crippen molar-refractivity contribution in [2.75, 3.05) is 5.32 Å². The molecular formula is C18H22N2O. The van der Waals surface area contributed by atoms with E-state index in [0.29, 0.717) is 6.42 Å². The quantitative estimate of drug-likeness (QED) is 0.771. The van der Waals surface area contributed by atoms with E-state index in [4.69, 9.17) is 10.5 Å². The second-order valence-electron chi connectivity index (χ2n) is 4.84. The molecule has 1 heterocycles. The molecule has 21 heavy (non-hydrogen) atoms. The summed E-state index contributed by atoms with van der Waals surface area (Å²) in [6, 6.07) is 7.94. The fourth-order valence-electron chi connectivity index (χ4n) is 2.19. The van der Waals surface area contributed by atoms with E-state index in [1.54, 1.807) is 6.08 Å². The number of para-hydroxylation sites is 2. The largest absolute Gasteiger partial charge is 0.464 e. The summed E-state index contributed by atoms with van der Waals surface area (Å²) < 4.78 is 5.93. The number of anilines is 1. The lowest BCUT2D eigenvalue weighted by Crippen LogP contribution is -2.22. The number of hydrogen-bond donors (Lipinski definition) is 2. The molecule has 0 radical (unpaired) electrons. The molecule has 0 saturated carbocycles. The zero-order valence-corrected chi connectivity index (χ0v) is 12.4. The van der Waals surface area contributed by atoms with Crippen LogP contribution in [0, 0.1) is 0 Å². The molecule has 0 bridgehead atoms. The summed E-state index contributed by atoms with van der Waals surface area (Å²) in [7, 11) is 0. The van der Waals surface area contributed by atoms with Gasteiger partial charge in [-0.05, 0) is 24.6 Å². The van der Waals surface area contributed by atoms with E-state index in [1.165, 1.54) is 0 Å². The highest BCUT2D eigenvalue weighted by molar-refractivity contribution is 5.61. The topological polar surface area (TPSA) is 47.3 Å². The third-order valence-corrected chi connectivity index (χ3v) is 3.14. The smallest absolute Gasteiger partial charge is 0.196 e. The zero-order valence-electron chi connectivity index (χ0n) is 12.4. The molecule has 1 unspecified atom stereocenters. The van der Waals surface area contributed by atoms with Crippen LogP contribution < -0.4 is 15.8 Å². The molecule has 110 valence electrons. The average Bonchev–Trinajstić information content (AvgIpc) is 2.91. The summed E-state index contributed by atoms with van der Waals surface area (Å²) in [5.41, 5.74) is 8.94. The molecule has 0 aliphatic carbocycles. The monoisotopic (exact) mass is 282 g/mol. The Kier molecular flexibility index (Phi) is 5.27. The van der Waals surface area contributed by atoms with Gasteiger partial charge in [-0.1, -0.05) is 49.9 Å². The Morgan fingerprint density at radius 2 is 2.24 bits per heavy atom. The molecule has 0 saturated heterocycles. The highest BCUT2D eigenvalue weighted by Gasteiger charge is 2.23. The Bertz CT molecular complexity index is 560. The van der Waals surface area contributed by atoms with Crippen LogP contribution in [-0.4, -0.2) is 6.23 Å². The summed E-state index contributed by atoms with van der Waals surface area (Å²) in [5, 5.41) is 3.37. The molecule has 1 aliphatic rings. The Hall–Kier alpha value is -2.42. The van der Waals surface area contributed by atoms with Gasteiger partial charge in [0.05, 0.1) is 5.69 Å². The number of nitrogens with two attached hydrogens (primary N) is 1. The lowest BCUT2D eigenvalue weighted by atomic mass is 10.1. The first-order valence-corrected chi connectivity index (χ1v) is 7.20. The lowest BCUT2D eigenvalue weighted by Gasteiger charge is -2.13. The zero-order chi connectivity index (χ0) is 15.1. The van der Waals surface area contributed by atoms with Crippen LogP contribution in [0.1, 0.15) is 19.8 Å². The van der Waals surface area contributed by atoms with Gasteiger partial charge in [0.1, 0.15) is 5.75 Å². The second kappa shape index (κ2) is 7.39. The lowest BCUT2D eigenvalue weighted by molar-refractivity contribution is 0.293. The van der Waals surface area contributed by atoms with Crippen molar-refractivity contribution >= 4 is 5.69 Å². The van der Waals surface area contributed by atoms with Gasteiger partial charge < -0.3 is 15.8 Å². The van der Waals surface area contributed by atoms with Gasteiger partial charge >= 0.3 is 0 Å². The summed E-state index contributed by atoms with van der Waals surface area (Å²) in [6.45, 7) is 5.75. The number of rotatable bonds is 6. The fourth-order valence-corrected chi connectivity index (χ4v) is 2.19. The molecule has 1 aromatic carbocycles. The minimum Gasteiger partial charge on any atom is -0.464 e. The van der Waals surface area contributed by atoms with Gasteiger partial charge in [-0.3, -0.25) is 0 Å². The standard InChI is InChI=1S/C18H22N2O/c1-3-5-6-10-15(19)13-14(9-4-2)18-20-16-11-7-8-12-17(16)21-18/h3,5-9,11-13,18,20H,1,4,10,19H2,2H3/b6-5-,14-9+,15-13-. The SMILES string of the molecule is C=C/C=C\C/C(N)=C/C(=C\CC)C1Nc2ccccc2O1. The average molecular weight is 282 g/mol. The second-order valence-corrected chi connectivity index (χ2v) is 4.84. The predicted molar refractivity (Wildman–Crippen MR) is 89.1 cm³/mol. The van der Waals surface area contributed by atoms with Crippen molar-refractivity contribution in [3.63, 3.8) is 0 Å². The van der Waals surface area contributed by atoms with Gasteiger partial charge in [0.25, 0.3) is 0 Å². The van der Waals surface area contributed by atoms with Crippen molar-refractivity contribution < 1.29 is 4.74 Å². The molecule has 1 atom stereocenters. The van der Waals surface area contributed by atoms with Gasteiger partial charge in [-0.25, -0.2) is 0 Å². The van der Waals surface area contributed by atoms with Gasteiger partial charge in [-0.15, -0.1) is 0 Å². The third-order valence-electron chi connectivity index (χ3n) is 3.14. The predicted octanol–water partition coefficient (Wildman–Crippen LogP) is 4.13. The van der Waals surface area contributed by atoms with E-state index in [9.17, 15) is 0 Å². The van der Waals surface area contributed by atoms with Crippen molar-refractivity contribution in [1.29, 1.82) is 0 Å². The van der Waals surface area contributed by atoms with Crippen molar-refractivity contribution in [3.05, 3.63) is 72.5 Å². The van der Waals surface area contributed by atoms with E-state index in [1.807, 2.05) is 42.5 Å². The highest BCUT2D eigenvalue weighted by Crippen LogP contribution is 2.33. The van der Waals surface area contributed by atoms with Crippen LogP contribution in [0.5, 0.6) is 5.75 Å². The summed E-state index contributed by atoms with van der Waals surface area (Å²) >= 11 is 0. The Morgan fingerprint density at radius 3 is 2.95 bits per heavy atom. The molecule has 1 aromatic rings. The number of nitrogens with one attached hydrogen (secondary N) is 1. The first kappa shape index (κ1) is 15.0. The maximum atomic E-state index is 6.07. The van der Waals surface area contributed by atoms with Gasteiger partial charge in [0.15, 0.2) is 6.23 Å². The summed E-state index contributed by atoms with van der Waals surface area (Å²) in [6.07, 6.45) is 11.2. The van der Waals surface area contributed by atoms with E-state index in [0.717, 1.165) is 29.1 Å². The maximum absolute atomic E-state index is 6.07. The van der Waals surface area contributed by atoms with E-state index < -0.39 is 0 Å². The first-order valence-electron chi connectivity index (χ1n) is 7.20. The van der Waals surface area contributed by atoms with Gasteiger partial charge in [-0.2, -0.15) is 0 Å². The minimum absolute atomic E-state index is 0.177. The molecule has 2 rings (SSSR count). The van der Waals surface area contributed by atoms with Crippen LogP contribution in [0.4, 0.5) is 5.69 Å². The fraction of sp³-hybridized carbons (Fsp3) is 0.222. The maximum Gasteiger partial charge on any atom is 0.196 e. The van der Waals surface area contributed by atoms with Gasteiger partial charge in [0, 0.05) is 17.7 Å². The van der Waals surface area contributed by atoms with Crippen molar-refractivity contribution in [2.45, 2.75) is 26.0 Å². The number of hydrogen-bond acceptors (Lipinski definition) is 3. The molecule has 1 aliphatic heterocycles. The van der Waals surface area contributed by atoms with E-state index in [-0.39, 0.29) is 6.23 Å². The Labute approximate surface area is 126 Å². The molecule has 3 nitrogen and oxygen atoms in total. The Balaban J connectivity index is 2.11. The number of ether oxygens (including phenoxy) is 1. The normalized spacial score (nSPS) is 18.2. The van der Waals surface area contributed by atoms with E-state index >= 15 is 0 Å². The molecule has 0 amide bonds. The van der Waals surface area contributed by atoms with Crippen LogP contribution in [0.3, 0.4) is 0 Å². The van der Waals surface area contributed by atoms with Gasteiger partial charge in [0.2, 0.25) is 0 Å². The van der Waals surface area contributed by atoms with E-state index in [2.05, 4.69) is 24.9 Å². The van der Waals surface area contributed by atoms with Crippen molar-refractivity contribution in [3.8, 4) is 5.75 Å². The molecule has 0 spiro atoms. The molecule has 3 N–H and O–H groups in total. The summed E-state index contributed by atoms with van der Waals surface area (Å²) in [4.78, 5) is 0. The van der Waals surface area contributed by atoms with Crippen LogP contribution in [-0.2, 0) is 0 Å². The first-order chi connectivity index (χ1) is 10.2. The summed E-state index contributed by atoms with van der Waals surface area (Å²) in [5.74, 6) is 0.878. The number of benzene rings is 1. The third kappa shape index (κ3) is 4.02. The van der Waals surface area contributed by atoms with Crippen LogP contribution in [0.2, 0.25) is 0 Å². The molecular weight excluding hydrogens is 260 g/mol. The minimum atomic E-state index is -0.177. The molecule has 0 fully saturated rings. The Morgan fingerprint density at radius 1 is 1.43 bits per heavy atom. The molecule has 3 heteroatoms. The number of allylic oxidation sites excluding steroid dienone is 4. The highest BCUT2D eigenvalue weighted by atomic mass is 16.5. The van der Waals surface area contributed by atoms with Crippen LogP contribution in [0.25, 0.3) is 0 Å². The van der Waals surface area contributed by atoms with Crippen molar-refractivity contribution in [1.82, 2.24) is 0 Å². The van der Waals surface area contributed by atoms with Crippen molar-refractivity contribution in [2.24, 2.45) is 5.73 Å². The molecule has 0 aromatic heterocycles. The number of fused-ring (bicyclic) bond motifs is 1. The van der Waals surface area contributed by atoms with Crippen LogP contribution in [0.15, 0.2) is 72.5 Å².